The van der Waals surface area contributed by atoms with Gasteiger partial charge in [-0.15, -0.1) is 0 Å². The van der Waals surface area contributed by atoms with Crippen molar-refractivity contribution in [3.63, 3.8) is 0 Å². The van der Waals surface area contributed by atoms with E-state index in [1.807, 2.05) is 60.0 Å². The minimum Gasteiger partial charge on any atom is -0.387 e. The molecule has 2 aromatic carbocycles. The number of nitrogens with one attached hydrogen (secondary N) is 1. The third kappa shape index (κ3) is 4.45. The fourth-order valence-corrected chi connectivity index (χ4v) is 4.34. The molecule has 0 aliphatic carbocycles. The first-order chi connectivity index (χ1) is 14.1. The van der Waals surface area contributed by atoms with Crippen LogP contribution in [0, 0.1) is 6.92 Å². The van der Waals surface area contributed by atoms with E-state index >= 15 is 0 Å². The van der Waals surface area contributed by atoms with E-state index in [9.17, 15) is 9.59 Å². The molecule has 1 fully saturated rings. The number of nitrogens with zero attached hydrogens (tertiary/aromatic N) is 2. The Hall–Kier alpha value is -2.80. The molecule has 6 nitrogen and oxygen atoms in total. The zero-order valence-electron chi connectivity index (χ0n) is 16.3. The zero-order valence-corrected chi connectivity index (χ0v) is 17.1. The van der Waals surface area contributed by atoms with Crippen LogP contribution < -0.4 is 5.32 Å². The second-order valence-corrected chi connectivity index (χ2v) is 8.36. The predicted molar refractivity (Wildman–Crippen MR) is 115 cm³/mol. The van der Waals surface area contributed by atoms with Crippen LogP contribution in [0.3, 0.4) is 0 Å². The van der Waals surface area contributed by atoms with Crippen LogP contribution in [-0.2, 0) is 9.63 Å². The van der Waals surface area contributed by atoms with Gasteiger partial charge in [-0.25, -0.2) is 0 Å². The summed E-state index contributed by atoms with van der Waals surface area (Å²) in [5.74, 6) is 1.73. The van der Waals surface area contributed by atoms with Crippen LogP contribution in [0.5, 0.6) is 0 Å². The van der Waals surface area contributed by atoms with Crippen molar-refractivity contribution in [3.8, 4) is 0 Å². The molecule has 0 saturated carbocycles. The summed E-state index contributed by atoms with van der Waals surface area (Å²) >= 11 is 1.87. The van der Waals surface area contributed by atoms with Crippen LogP contribution in [-0.4, -0.2) is 47.0 Å². The Labute approximate surface area is 174 Å². The number of rotatable bonds is 4. The SMILES string of the molecule is Cc1cc(C(=O)N2CCSCC2)ccc1NC(=O)C1=NOC(c2ccccc2)C1. The van der Waals surface area contributed by atoms with Crippen molar-refractivity contribution in [2.45, 2.75) is 19.4 Å². The minimum absolute atomic E-state index is 0.0468. The van der Waals surface area contributed by atoms with Crippen molar-refractivity contribution in [1.29, 1.82) is 0 Å². The summed E-state index contributed by atoms with van der Waals surface area (Å²) in [5.41, 5.74) is 3.53. The number of carbonyl (C=O) groups is 2. The second-order valence-electron chi connectivity index (χ2n) is 7.14. The summed E-state index contributed by atoms with van der Waals surface area (Å²) in [7, 11) is 0. The summed E-state index contributed by atoms with van der Waals surface area (Å²) in [6.45, 7) is 3.45. The van der Waals surface area contributed by atoms with E-state index in [2.05, 4.69) is 10.5 Å². The molecule has 2 aromatic rings. The number of hydrogen-bond acceptors (Lipinski definition) is 5. The van der Waals surface area contributed by atoms with E-state index in [-0.39, 0.29) is 17.9 Å². The molecule has 1 N–H and O–H groups in total. The number of oxime groups is 1. The van der Waals surface area contributed by atoms with Crippen molar-refractivity contribution < 1.29 is 14.4 Å². The van der Waals surface area contributed by atoms with E-state index in [0.29, 0.717) is 23.4 Å². The van der Waals surface area contributed by atoms with E-state index < -0.39 is 0 Å². The van der Waals surface area contributed by atoms with E-state index in [0.717, 1.165) is 35.7 Å². The summed E-state index contributed by atoms with van der Waals surface area (Å²) < 4.78 is 0. The number of thioether (sulfide) groups is 1. The maximum atomic E-state index is 12.7. The molecule has 2 aliphatic rings. The Morgan fingerprint density at radius 3 is 2.62 bits per heavy atom. The highest BCUT2D eigenvalue weighted by Gasteiger charge is 2.27. The third-order valence-electron chi connectivity index (χ3n) is 5.12. The molecule has 150 valence electrons. The molecule has 0 aromatic heterocycles. The molecule has 1 atom stereocenters. The van der Waals surface area contributed by atoms with Crippen molar-refractivity contribution in [2.24, 2.45) is 5.16 Å². The maximum absolute atomic E-state index is 12.7. The number of aryl methyl sites for hydroxylation is 1. The molecule has 1 unspecified atom stereocenters. The monoisotopic (exact) mass is 409 g/mol. The minimum atomic E-state index is -0.279. The molecule has 4 rings (SSSR count). The van der Waals surface area contributed by atoms with Gasteiger partial charge in [0, 0.05) is 42.3 Å². The molecule has 0 radical (unpaired) electrons. The lowest BCUT2D eigenvalue weighted by Gasteiger charge is -2.26. The first kappa shape index (κ1) is 19.5. The molecule has 29 heavy (non-hydrogen) atoms. The lowest BCUT2D eigenvalue weighted by atomic mass is 10.0. The van der Waals surface area contributed by atoms with E-state index in [1.165, 1.54) is 0 Å². The predicted octanol–water partition coefficient (Wildman–Crippen LogP) is 3.64. The highest BCUT2D eigenvalue weighted by molar-refractivity contribution is 7.99. The van der Waals surface area contributed by atoms with E-state index in [4.69, 9.17) is 4.84 Å². The number of carbonyl (C=O) groups excluding carboxylic acids is 2. The highest BCUT2D eigenvalue weighted by Crippen LogP contribution is 2.27. The smallest absolute Gasteiger partial charge is 0.273 e. The van der Waals surface area contributed by atoms with Gasteiger partial charge in [-0.2, -0.15) is 11.8 Å². The normalized spacial score (nSPS) is 18.7. The summed E-state index contributed by atoms with van der Waals surface area (Å²) in [6, 6.07) is 15.1. The van der Waals surface area contributed by atoms with Crippen molar-refractivity contribution >= 4 is 35.0 Å². The molecule has 2 amide bonds. The first-order valence-corrected chi connectivity index (χ1v) is 10.8. The molecule has 1 saturated heterocycles. The fraction of sp³-hybridized carbons (Fsp3) is 0.318. The van der Waals surface area contributed by atoms with Crippen LogP contribution in [0.15, 0.2) is 53.7 Å². The van der Waals surface area contributed by atoms with Gasteiger partial charge in [0.05, 0.1) is 0 Å². The van der Waals surface area contributed by atoms with Crippen LogP contribution in [0.2, 0.25) is 0 Å². The number of hydrogen-bond donors (Lipinski definition) is 1. The fourth-order valence-electron chi connectivity index (χ4n) is 3.44. The Morgan fingerprint density at radius 1 is 1.14 bits per heavy atom. The number of benzene rings is 2. The molecule has 2 heterocycles. The lowest BCUT2D eigenvalue weighted by Crippen LogP contribution is -2.37. The Bertz CT molecular complexity index is 940. The quantitative estimate of drug-likeness (QED) is 0.837. The Morgan fingerprint density at radius 2 is 1.90 bits per heavy atom. The average molecular weight is 410 g/mol. The van der Waals surface area contributed by atoms with Gasteiger partial charge < -0.3 is 15.1 Å². The molecular formula is C22H23N3O3S. The van der Waals surface area contributed by atoms with E-state index in [1.54, 1.807) is 12.1 Å². The molecular weight excluding hydrogens is 386 g/mol. The molecule has 0 bridgehead atoms. The Kier molecular flexibility index (Phi) is 5.85. The standard InChI is InChI=1S/C22H23N3O3S/c1-15-13-17(22(27)25-9-11-29-12-10-25)7-8-18(15)23-21(26)19-14-20(28-24-19)16-5-3-2-4-6-16/h2-8,13,20H,9-12,14H2,1H3,(H,23,26). The van der Waals surface area contributed by atoms with Gasteiger partial charge >= 0.3 is 0 Å². The second kappa shape index (κ2) is 8.69. The van der Waals surface area contributed by atoms with Crippen LogP contribution in [0.1, 0.15) is 34.0 Å². The largest absolute Gasteiger partial charge is 0.387 e. The zero-order chi connectivity index (χ0) is 20.2. The summed E-state index contributed by atoms with van der Waals surface area (Å²) in [6.07, 6.45) is 0.194. The highest BCUT2D eigenvalue weighted by atomic mass is 32.2. The van der Waals surface area contributed by atoms with Gasteiger partial charge in [0.25, 0.3) is 11.8 Å². The third-order valence-corrected chi connectivity index (χ3v) is 6.06. The van der Waals surface area contributed by atoms with Crippen LogP contribution in [0.25, 0.3) is 0 Å². The van der Waals surface area contributed by atoms with Gasteiger partial charge in [-0.1, -0.05) is 35.5 Å². The first-order valence-electron chi connectivity index (χ1n) is 9.68. The number of amides is 2. The molecule has 7 heteroatoms. The van der Waals surface area contributed by atoms with Gasteiger partial charge in [0.1, 0.15) is 5.71 Å². The maximum Gasteiger partial charge on any atom is 0.273 e. The van der Waals surface area contributed by atoms with Gasteiger partial charge in [0.2, 0.25) is 0 Å². The topological polar surface area (TPSA) is 71.0 Å². The van der Waals surface area contributed by atoms with Crippen molar-refractivity contribution in [3.05, 3.63) is 65.2 Å². The van der Waals surface area contributed by atoms with Gasteiger partial charge in [0.15, 0.2) is 6.10 Å². The van der Waals surface area contributed by atoms with Gasteiger partial charge in [-0.05, 0) is 36.2 Å². The Balaban J connectivity index is 1.39. The van der Waals surface area contributed by atoms with Crippen molar-refractivity contribution in [1.82, 2.24) is 4.90 Å². The van der Waals surface area contributed by atoms with Crippen LogP contribution in [0.4, 0.5) is 5.69 Å². The molecule has 0 spiro atoms. The van der Waals surface area contributed by atoms with Gasteiger partial charge in [-0.3, -0.25) is 9.59 Å². The number of anilines is 1. The average Bonchev–Trinajstić information content (AvgIpc) is 3.26. The van der Waals surface area contributed by atoms with Crippen molar-refractivity contribution in [2.75, 3.05) is 29.9 Å². The lowest BCUT2D eigenvalue weighted by molar-refractivity contribution is -0.110. The van der Waals surface area contributed by atoms with Crippen LogP contribution >= 0.6 is 11.8 Å². The summed E-state index contributed by atoms with van der Waals surface area (Å²) in [5, 5.41) is 6.86. The molecule has 2 aliphatic heterocycles. The summed E-state index contributed by atoms with van der Waals surface area (Å²) in [4.78, 5) is 32.6.